The van der Waals surface area contributed by atoms with Crippen molar-refractivity contribution in [1.82, 2.24) is 10.6 Å². The monoisotopic (exact) mass is 192 g/mol. The first-order chi connectivity index (χ1) is 5.70. The van der Waals surface area contributed by atoms with Crippen LogP contribution in [-0.4, -0.2) is 42.4 Å². The minimum Gasteiger partial charge on any atom is -0.412 e. The van der Waals surface area contributed by atoms with Gasteiger partial charge in [0.05, 0.1) is 6.61 Å². The molecular formula is C9H24N2O2. The van der Waals surface area contributed by atoms with Gasteiger partial charge < -0.3 is 21.2 Å². The molecule has 0 amide bonds. The minimum absolute atomic E-state index is 0. The van der Waals surface area contributed by atoms with Gasteiger partial charge in [-0.05, 0) is 6.42 Å². The Morgan fingerprint density at radius 3 is 2.08 bits per heavy atom. The molecule has 0 aliphatic rings. The van der Waals surface area contributed by atoms with Gasteiger partial charge >= 0.3 is 0 Å². The van der Waals surface area contributed by atoms with Gasteiger partial charge in [0, 0.05) is 25.2 Å². The largest absolute Gasteiger partial charge is 0.412 e. The number of aliphatic hydroxyl groups is 1. The zero-order valence-corrected chi connectivity index (χ0v) is 8.93. The molecule has 0 aromatic carbocycles. The van der Waals surface area contributed by atoms with Crippen molar-refractivity contribution in [3.63, 3.8) is 0 Å². The summed E-state index contributed by atoms with van der Waals surface area (Å²) in [6.45, 7) is 8.46. The summed E-state index contributed by atoms with van der Waals surface area (Å²) in [6.07, 6.45) is 0.984. The van der Waals surface area contributed by atoms with Crippen LogP contribution in [0.5, 0.6) is 0 Å². The second kappa shape index (κ2) is 9.92. The Labute approximate surface area is 81.0 Å². The van der Waals surface area contributed by atoms with Crippen molar-refractivity contribution in [2.75, 3.05) is 19.7 Å². The summed E-state index contributed by atoms with van der Waals surface area (Å²) in [7, 11) is 0. The number of aliphatic hydroxyl groups excluding tert-OH is 1. The van der Waals surface area contributed by atoms with Crippen LogP contribution < -0.4 is 10.6 Å². The van der Waals surface area contributed by atoms with Crippen LogP contribution in [-0.2, 0) is 0 Å². The van der Waals surface area contributed by atoms with Gasteiger partial charge in [-0.1, -0.05) is 20.8 Å². The van der Waals surface area contributed by atoms with Crippen molar-refractivity contribution in [2.24, 2.45) is 0 Å². The summed E-state index contributed by atoms with van der Waals surface area (Å²) in [5, 5.41) is 15.4. The first kappa shape index (κ1) is 15.3. The van der Waals surface area contributed by atoms with Gasteiger partial charge in [-0.2, -0.15) is 0 Å². The molecule has 0 fully saturated rings. The number of hydrogen-bond donors (Lipinski definition) is 3. The van der Waals surface area contributed by atoms with E-state index in [0.29, 0.717) is 6.04 Å². The Morgan fingerprint density at radius 1 is 1.15 bits per heavy atom. The maximum Gasteiger partial charge on any atom is 0.0584 e. The molecule has 4 heteroatoms. The Balaban J connectivity index is 0. The normalized spacial score (nSPS) is 12.7. The Bertz CT molecular complexity index is 95.6. The summed E-state index contributed by atoms with van der Waals surface area (Å²) >= 11 is 0. The lowest BCUT2D eigenvalue weighted by atomic mass is 10.2. The highest BCUT2D eigenvalue weighted by Crippen LogP contribution is 1.86. The van der Waals surface area contributed by atoms with E-state index in [-0.39, 0.29) is 18.1 Å². The highest BCUT2D eigenvalue weighted by atomic mass is 16.3. The third kappa shape index (κ3) is 9.76. The van der Waals surface area contributed by atoms with Crippen LogP contribution in [0.1, 0.15) is 27.2 Å². The van der Waals surface area contributed by atoms with Crippen LogP contribution in [0.4, 0.5) is 0 Å². The van der Waals surface area contributed by atoms with E-state index in [9.17, 15) is 0 Å². The first-order valence-electron chi connectivity index (χ1n) is 4.78. The molecule has 1 unspecified atom stereocenters. The maximum absolute atomic E-state index is 8.85. The second-order valence-corrected chi connectivity index (χ2v) is 3.35. The summed E-state index contributed by atoms with van der Waals surface area (Å²) in [5.74, 6) is 0. The van der Waals surface area contributed by atoms with Crippen molar-refractivity contribution >= 4 is 0 Å². The summed E-state index contributed by atoms with van der Waals surface area (Å²) < 4.78 is 0. The van der Waals surface area contributed by atoms with Crippen LogP contribution >= 0.6 is 0 Å². The van der Waals surface area contributed by atoms with Crippen molar-refractivity contribution in [3.05, 3.63) is 0 Å². The molecule has 0 aliphatic carbocycles. The van der Waals surface area contributed by atoms with E-state index in [1.807, 2.05) is 0 Å². The van der Waals surface area contributed by atoms with E-state index in [1.165, 1.54) is 0 Å². The Morgan fingerprint density at radius 2 is 1.69 bits per heavy atom. The van der Waals surface area contributed by atoms with E-state index in [1.54, 1.807) is 0 Å². The summed E-state index contributed by atoms with van der Waals surface area (Å²) in [5.41, 5.74) is 0. The lowest BCUT2D eigenvalue weighted by molar-refractivity contribution is 0.239. The van der Waals surface area contributed by atoms with Crippen molar-refractivity contribution in [2.45, 2.75) is 39.3 Å². The van der Waals surface area contributed by atoms with E-state index in [2.05, 4.69) is 31.4 Å². The number of hydrogen-bond acceptors (Lipinski definition) is 3. The van der Waals surface area contributed by atoms with Crippen LogP contribution in [0.2, 0.25) is 0 Å². The molecule has 0 aliphatic heterocycles. The third-order valence-electron chi connectivity index (χ3n) is 1.82. The van der Waals surface area contributed by atoms with Gasteiger partial charge in [0.25, 0.3) is 0 Å². The Hall–Kier alpha value is -0.160. The van der Waals surface area contributed by atoms with E-state index < -0.39 is 0 Å². The van der Waals surface area contributed by atoms with Gasteiger partial charge in [0.2, 0.25) is 0 Å². The fraction of sp³-hybridized carbons (Fsp3) is 1.00. The van der Waals surface area contributed by atoms with Crippen LogP contribution in [0, 0.1) is 0 Å². The summed E-state index contributed by atoms with van der Waals surface area (Å²) in [4.78, 5) is 0. The highest BCUT2D eigenvalue weighted by molar-refractivity contribution is 4.64. The molecule has 82 valence electrons. The fourth-order valence-corrected chi connectivity index (χ4v) is 0.975. The molecule has 0 bridgehead atoms. The number of nitrogens with one attached hydrogen (secondary N) is 2. The molecule has 0 aromatic heterocycles. The molecule has 0 saturated heterocycles. The quantitative estimate of drug-likeness (QED) is 0.477. The van der Waals surface area contributed by atoms with Gasteiger partial charge in [-0.25, -0.2) is 0 Å². The maximum atomic E-state index is 8.85. The average molecular weight is 192 g/mol. The zero-order chi connectivity index (χ0) is 9.40. The van der Waals surface area contributed by atoms with Crippen molar-refractivity contribution < 1.29 is 10.6 Å². The lowest BCUT2D eigenvalue weighted by Gasteiger charge is -2.14. The SMILES string of the molecule is CCC(CO)NCCNC(C)C.O. The van der Waals surface area contributed by atoms with Crippen LogP contribution in [0.15, 0.2) is 0 Å². The van der Waals surface area contributed by atoms with E-state index in [4.69, 9.17) is 5.11 Å². The molecule has 0 heterocycles. The Kier molecular flexibility index (Phi) is 11.7. The molecule has 0 rings (SSSR count). The molecule has 13 heavy (non-hydrogen) atoms. The van der Waals surface area contributed by atoms with Gasteiger partial charge in [-0.15, -0.1) is 0 Å². The van der Waals surface area contributed by atoms with E-state index in [0.717, 1.165) is 19.5 Å². The fourth-order valence-electron chi connectivity index (χ4n) is 0.975. The van der Waals surface area contributed by atoms with Crippen LogP contribution in [0.25, 0.3) is 0 Å². The smallest absolute Gasteiger partial charge is 0.0584 e. The third-order valence-corrected chi connectivity index (χ3v) is 1.82. The van der Waals surface area contributed by atoms with Gasteiger partial charge in [0.1, 0.15) is 0 Å². The molecule has 5 N–H and O–H groups in total. The number of rotatable bonds is 7. The molecular weight excluding hydrogens is 168 g/mol. The van der Waals surface area contributed by atoms with Crippen LogP contribution in [0.3, 0.4) is 0 Å². The molecule has 0 spiro atoms. The molecule has 0 saturated carbocycles. The highest BCUT2D eigenvalue weighted by Gasteiger charge is 2.01. The van der Waals surface area contributed by atoms with Gasteiger partial charge in [0.15, 0.2) is 0 Å². The molecule has 4 nitrogen and oxygen atoms in total. The molecule has 0 aromatic rings. The summed E-state index contributed by atoms with van der Waals surface area (Å²) in [6, 6.07) is 0.806. The van der Waals surface area contributed by atoms with Crippen molar-refractivity contribution in [1.29, 1.82) is 0 Å². The topological polar surface area (TPSA) is 75.8 Å². The van der Waals surface area contributed by atoms with Crippen molar-refractivity contribution in [3.8, 4) is 0 Å². The zero-order valence-electron chi connectivity index (χ0n) is 8.93. The standard InChI is InChI=1S/C9H22N2O.H2O/c1-4-9(7-12)11-6-5-10-8(2)3;/h8-12H,4-7H2,1-3H3;1H2. The first-order valence-corrected chi connectivity index (χ1v) is 4.78. The second-order valence-electron chi connectivity index (χ2n) is 3.35. The average Bonchev–Trinajstić information content (AvgIpc) is 2.04. The van der Waals surface area contributed by atoms with E-state index >= 15 is 0 Å². The van der Waals surface area contributed by atoms with Gasteiger partial charge in [-0.3, -0.25) is 0 Å². The molecule has 0 radical (unpaired) electrons. The lowest BCUT2D eigenvalue weighted by Crippen LogP contribution is -2.38. The predicted molar refractivity (Wildman–Crippen MR) is 55.9 cm³/mol. The predicted octanol–water partition coefficient (Wildman–Crippen LogP) is -0.480. The molecule has 1 atom stereocenters. The minimum atomic E-state index is 0.